The van der Waals surface area contributed by atoms with Crippen LogP contribution >= 0.6 is 0 Å². The minimum absolute atomic E-state index is 0.574. The van der Waals surface area contributed by atoms with Gasteiger partial charge in [0.1, 0.15) is 17.5 Å². The summed E-state index contributed by atoms with van der Waals surface area (Å²) in [6, 6.07) is 11.7. The van der Waals surface area contributed by atoms with Crippen LogP contribution in [0.5, 0.6) is 5.75 Å². The maximum Gasteiger partial charge on any atom is 0.139 e. The zero-order chi connectivity index (χ0) is 12.3. The van der Waals surface area contributed by atoms with Gasteiger partial charge >= 0.3 is 0 Å². The van der Waals surface area contributed by atoms with Crippen molar-refractivity contribution in [1.82, 2.24) is 9.78 Å². The fourth-order valence-electron chi connectivity index (χ4n) is 1.70. The predicted octanol–water partition coefficient (Wildman–Crippen LogP) is 2.12. The molecule has 0 radical (unpaired) electrons. The summed E-state index contributed by atoms with van der Waals surface area (Å²) in [4.78, 5) is 0. The Morgan fingerprint density at radius 1 is 1.41 bits per heavy atom. The van der Waals surface area contributed by atoms with E-state index < -0.39 is 0 Å². The lowest BCUT2D eigenvalue weighted by Gasteiger charge is -2.05. The van der Waals surface area contributed by atoms with Gasteiger partial charge in [0.15, 0.2) is 0 Å². The molecule has 0 aliphatic carbocycles. The standard InChI is InChI=1S/C13H13N3O/c1-10-6-12(8-14)16(15-10)9-11-4-3-5-13(7-11)17-2/h3-7H,9H2,1-2H3. The number of rotatable bonds is 3. The summed E-state index contributed by atoms with van der Waals surface area (Å²) >= 11 is 0. The van der Waals surface area contributed by atoms with Gasteiger partial charge in [-0.05, 0) is 30.7 Å². The highest BCUT2D eigenvalue weighted by Crippen LogP contribution is 2.14. The molecule has 0 unspecified atom stereocenters. The Hall–Kier alpha value is -2.28. The van der Waals surface area contributed by atoms with Crippen LogP contribution in [0.4, 0.5) is 0 Å². The molecular formula is C13H13N3O. The third-order valence-electron chi connectivity index (χ3n) is 2.48. The van der Waals surface area contributed by atoms with Gasteiger partial charge in [-0.1, -0.05) is 12.1 Å². The summed E-state index contributed by atoms with van der Waals surface area (Å²) < 4.78 is 6.86. The number of benzene rings is 1. The Morgan fingerprint density at radius 3 is 2.94 bits per heavy atom. The molecule has 4 heteroatoms. The number of nitriles is 1. The maximum absolute atomic E-state index is 8.98. The summed E-state index contributed by atoms with van der Waals surface area (Å²) in [5, 5.41) is 13.3. The van der Waals surface area contributed by atoms with Gasteiger partial charge in [-0.3, -0.25) is 4.68 Å². The van der Waals surface area contributed by atoms with Crippen molar-refractivity contribution >= 4 is 0 Å². The van der Waals surface area contributed by atoms with E-state index in [0.29, 0.717) is 12.2 Å². The third kappa shape index (κ3) is 2.45. The molecule has 86 valence electrons. The van der Waals surface area contributed by atoms with Gasteiger partial charge < -0.3 is 4.74 Å². The first-order valence-electron chi connectivity index (χ1n) is 5.30. The van der Waals surface area contributed by atoms with E-state index in [1.165, 1.54) is 0 Å². The fraction of sp³-hybridized carbons (Fsp3) is 0.231. The topological polar surface area (TPSA) is 50.8 Å². The lowest BCUT2D eigenvalue weighted by atomic mass is 10.2. The molecule has 0 aliphatic heterocycles. The zero-order valence-electron chi connectivity index (χ0n) is 9.84. The first-order chi connectivity index (χ1) is 8.22. The van der Waals surface area contributed by atoms with E-state index in [4.69, 9.17) is 10.00 Å². The van der Waals surface area contributed by atoms with E-state index in [1.54, 1.807) is 17.9 Å². The number of aryl methyl sites for hydroxylation is 1. The molecule has 0 amide bonds. The van der Waals surface area contributed by atoms with Crippen LogP contribution in [0.2, 0.25) is 0 Å². The molecule has 1 heterocycles. The van der Waals surface area contributed by atoms with Crippen LogP contribution in [0, 0.1) is 18.3 Å². The number of aromatic nitrogens is 2. The molecule has 0 spiro atoms. The Balaban J connectivity index is 2.28. The largest absolute Gasteiger partial charge is 0.497 e. The normalized spacial score (nSPS) is 9.94. The minimum Gasteiger partial charge on any atom is -0.497 e. The summed E-state index contributed by atoms with van der Waals surface area (Å²) in [6.45, 7) is 2.46. The van der Waals surface area contributed by atoms with Crippen molar-refractivity contribution in [2.45, 2.75) is 13.5 Å². The van der Waals surface area contributed by atoms with E-state index in [1.807, 2.05) is 31.2 Å². The Kier molecular flexibility index (Phi) is 3.10. The number of methoxy groups -OCH3 is 1. The van der Waals surface area contributed by atoms with Gasteiger partial charge in [0.25, 0.3) is 0 Å². The van der Waals surface area contributed by atoms with Gasteiger partial charge in [-0.15, -0.1) is 0 Å². The molecule has 0 fully saturated rings. The van der Waals surface area contributed by atoms with Crippen LogP contribution in [0.25, 0.3) is 0 Å². The highest BCUT2D eigenvalue weighted by molar-refractivity contribution is 5.30. The molecular weight excluding hydrogens is 214 g/mol. The number of hydrogen-bond donors (Lipinski definition) is 0. The molecule has 1 aromatic heterocycles. The van der Waals surface area contributed by atoms with Crippen molar-refractivity contribution in [3.8, 4) is 11.8 Å². The third-order valence-corrected chi connectivity index (χ3v) is 2.48. The van der Waals surface area contributed by atoms with Crippen molar-refractivity contribution < 1.29 is 4.74 Å². The summed E-state index contributed by atoms with van der Waals surface area (Å²) in [6.07, 6.45) is 0. The molecule has 4 nitrogen and oxygen atoms in total. The van der Waals surface area contributed by atoms with E-state index in [9.17, 15) is 0 Å². The van der Waals surface area contributed by atoms with Crippen molar-refractivity contribution in [3.05, 3.63) is 47.3 Å². The number of hydrogen-bond acceptors (Lipinski definition) is 3. The minimum atomic E-state index is 0.574. The van der Waals surface area contributed by atoms with Gasteiger partial charge in [0.2, 0.25) is 0 Å². The van der Waals surface area contributed by atoms with E-state index in [-0.39, 0.29) is 0 Å². The molecule has 0 bridgehead atoms. The number of ether oxygens (including phenoxy) is 1. The summed E-state index contributed by atoms with van der Waals surface area (Å²) in [5.74, 6) is 0.810. The molecule has 0 aliphatic rings. The van der Waals surface area contributed by atoms with Gasteiger partial charge in [-0.25, -0.2) is 0 Å². The molecule has 0 N–H and O–H groups in total. The van der Waals surface area contributed by atoms with Gasteiger partial charge in [0.05, 0.1) is 19.3 Å². The zero-order valence-corrected chi connectivity index (χ0v) is 9.84. The molecule has 2 aromatic rings. The predicted molar refractivity (Wildman–Crippen MR) is 63.8 cm³/mol. The second kappa shape index (κ2) is 4.71. The quantitative estimate of drug-likeness (QED) is 0.807. The fourth-order valence-corrected chi connectivity index (χ4v) is 1.70. The first-order valence-corrected chi connectivity index (χ1v) is 5.30. The molecule has 2 rings (SSSR count). The molecule has 17 heavy (non-hydrogen) atoms. The van der Waals surface area contributed by atoms with Crippen LogP contribution in [-0.4, -0.2) is 16.9 Å². The lowest BCUT2D eigenvalue weighted by Crippen LogP contribution is -2.04. The van der Waals surface area contributed by atoms with Gasteiger partial charge in [0, 0.05) is 0 Å². The Bertz CT molecular complexity index is 566. The highest BCUT2D eigenvalue weighted by Gasteiger charge is 2.05. The average molecular weight is 227 g/mol. The maximum atomic E-state index is 8.98. The second-order valence-electron chi connectivity index (χ2n) is 3.79. The van der Waals surface area contributed by atoms with Crippen molar-refractivity contribution in [2.75, 3.05) is 7.11 Å². The van der Waals surface area contributed by atoms with E-state index in [2.05, 4.69) is 11.2 Å². The van der Waals surface area contributed by atoms with Crippen LogP contribution < -0.4 is 4.74 Å². The van der Waals surface area contributed by atoms with Crippen LogP contribution in [0.15, 0.2) is 30.3 Å². The van der Waals surface area contributed by atoms with E-state index >= 15 is 0 Å². The molecule has 0 saturated carbocycles. The average Bonchev–Trinajstić information content (AvgIpc) is 2.69. The summed E-state index contributed by atoms with van der Waals surface area (Å²) in [5.41, 5.74) is 2.48. The molecule has 0 atom stereocenters. The Morgan fingerprint density at radius 2 is 2.24 bits per heavy atom. The van der Waals surface area contributed by atoms with Crippen LogP contribution in [0.1, 0.15) is 17.0 Å². The van der Waals surface area contributed by atoms with Gasteiger partial charge in [-0.2, -0.15) is 10.4 Å². The van der Waals surface area contributed by atoms with Crippen molar-refractivity contribution in [3.63, 3.8) is 0 Å². The second-order valence-corrected chi connectivity index (χ2v) is 3.79. The lowest BCUT2D eigenvalue weighted by molar-refractivity contribution is 0.414. The van der Waals surface area contributed by atoms with Crippen molar-refractivity contribution in [2.24, 2.45) is 0 Å². The monoisotopic (exact) mass is 227 g/mol. The van der Waals surface area contributed by atoms with Crippen molar-refractivity contribution in [1.29, 1.82) is 5.26 Å². The highest BCUT2D eigenvalue weighted by atomic mass is 16.5. The molecule has 1 aromatic carbocycles. The number of nitrogens with zero attached hydrogens (tertiary/aromatic N) is 3. The SMILES string of the molecule is COc1cccc(Cn2nc(C)cc2C#N)c1. The smallest absolute Gasteiger partial charge is 0.139 e. The van der Waals surface area contributed by atoms with E-state index in [0.717, 1.165) is 17.0 Å². The van der Waals surface area contributed by atoms with Crippen LogP contribution in [0.3, 0.4) is 0 Å². The molecule has 0 saturated heterocycles. The van der Waals surface area contributed by atoms with Crippen LogP contribution in [-0.2, 0) is 6.54 Å². The summed E-state index contributed by atoms with van der Waals surface area (Å²) in [7, 11) is 1.64. The Labute approximate surface area is 100 Å². The first kappa shape index (κ1) is 11.2.